The van der Waals surface area contributed by atoms with E-state index < -0.39 is 53.8 Å². The summed E-state index contributed by atoms with van der Waals surface area (Å²) in [5.74, 6) is -3.13. The van der Waals surface area contributed by atoms with E-state index in [1.807, 2.05) is 0 Å². The maximum Gasteiger partial charge on any atom is 0.288 e. The number of benzene rings is 1. The summed E-state index contributed by atoms with van der Waals surface area (Å²) in [6, 6.07) is 4.66. The first-order valence-electron chi connectivity index (χ1n) is 10.5. The third kappa shape index (κ3) is 4.32. The summed E-state index contributed by atoms with van der Waals surface area (Å²) in [7, 11) is 1.29. The number of rotatable bonds is 7. The SMILES string of the molecule is CNC(=O)c1c(O)c2ncc(Cc3ccc(F)cc3)c3c2n(c1=O)C=C(C(=O)NC(CO)CO)O3. The van der Waals surface area contributed by atoms with Gasteiger partial charge in [-0.3, -0.25) is 23.9 Å². The van der Waals surface area contributed by atoms with Gasteiger partial charge in [-0.05, 0) is 17.7 Å². The number of nitrogens with one attached hydrogen (secondary N) is 2. The number of aliphatic hydroxyl groups is 2. The fourth-order valence-corrected chi connectivity index (χ4v) is 3.64. The van der Waals surface area contributed by atoms with Crippen molar-refractivity contribution in [3.63, 3.8) is 0 Å². The zero-order valence-electron chi connectivity index (χ0n) is 18.4. The van der Waals surface area contributed by atoms with E-state index in [1.54, 1.807) is 12.1 Å². The summed E-state index contributed by atoms with van der Waals surface area (Å²) in [6.07, 6.45) is 2.57. The average Bonchev–Trinajstić information content (AvgIpc) is 2.87. The first-order valence-corrected chi connectivity index (χ1v) is 10.5. The van der Waals surface area contributed by atoms with Gasteiger partial charge in [0.15, 0.2) is 11.5 Å². The number of hydrogen-bond donors (Lipinski definition) is 5. The zero-order valence-corrected chi connectivity index (χ0v) is 18.4. The molecule has 2 amide bonds. The van der Waals surface area contributed by atoms with Crippen LogP contribution >= 0.6 is 0 Å². The second kappa shape index (κ2) is 9.52. The van der Waals surface area contributed by atoms with Crippen LogP contribution in [0, 0.1) is 5.82 Å². The first-order chi connectivity index (χ1) is 16.8. The fourth-order valence-electron chi connectivity index (χ4n) is 3.64. The van der Waals surface area contributed by atoms with Crippen LogP contribution in [0.3, 0.4) is 0 Å². The average molecular weight is 484 g/mol. The van der Waals surface area contributed by atoms with Gasteiger partial charge in [0.25, 0.3) is 17.4 Å². The Kier molecular flexibility index (Phi) is 6.49. The van der Waals surface area contributed by atoms with Gasteiger partial charge in [-0.2, -0.15) is 0 Å². The number of aliphatic hydroxyl groups excluding tert-OH is 2. The minimum absolute atomic E-state index is 0.0207. The number of hydrogen-bond acceptors (Lipinski definition) is 8. The molecule has 0 radical (unpaired) electrons. The summed E-state index contributed by atoms with van der Waals surface area (Å²) in [4.78, 5) is 42.5. The standard InChI is InChI=1S/C23H21FN4O7/c1-25-22(33)16-19(31)17-18-20(12(7-26-17)6-11-2-4-13(24)5-3-11)35-15(8-28(18)23(16)34)21(32)27-14(9-29)10-30/h2-5,7-8,14,29-31H,6,9-10H2,1H3,(H,25,33)(H,27,32). The van der Waals surface area contributed by atoms with Crippen LogP contribution in [0.4, 0.5) is 4.39 Å². The first kappa shape index (κ1) is 23.9. The Morgan fingerprint density at radius 2 is 1.86 bits per heavy atom. The Hall–Kier alpha value is -4.29. The maximum atomic E-state index is 13.3. The molecule has 0 spiro atoms. The molecule has 4 rings (SSSR count). The van der Waals surface area contributed by atoms with Crippen LogP contribution in [0.1, 0.15) is 21.5 Å². The normalized spacial score (nSPS) is 12.3. The van der Waals surface area contributed by atoms with Crippen molar-refractivity contribution in [3.8, 4) is 11.5 Å². The van der Waals surface area contributed by atoms with E-state index in [2.05, 4.69) is 15.6 Å². The van der Waals surface area contributed by atoms with Crippen molar-refractivity contribution in [1.82, 2.24) is 20.2 Å². The van der Waals surface area contributed by atoms with Crippen LogP contribution in [0.15, 0.2) is 41.0 Å². The highest BCUT2D eigenvalue weighted by atomic mass is 19.1. The van der Waals surface area contributed by atoms with E-state index in [-0.39, 0.29) is 29.0 Å². The number of aromatic nitrogens is 2. The number of aromatic hydroxyl groups is 1. The molecule has 0 saturated carbocycles. The highest BCUT2D eigenvalue weighted by molar-refractivity contribution is 6.04. The van der Waals surface area contributed by atoms with E-state index in [0.29, 0.717) is 11.1 Å². The van der Waals surface area contributed by atoms with Gasteiger partial charge in [-0.15, -0.1) is 0 Å². The van der Waals surface area contributed by atoms with E-state index >= 15 is 0 Å². The molecule has 12 heteroatoms. The van der Waals surface area contributed by atoms with Crippen LogP contribution < -0.4 is 20.9 Å². The molecule has 2 aromatic heterocycles. The molecule has 1 aliphatic heterocycles. The highest BCUT2D eigenvalue weighted by Crippen LogP contribution is 2.38. The highest BCUT2D eigenvalue weighted by Gasteiger charge is 2.30. The molecule has 1 aliphatic rings. The minimum atomic E-state index is -0.984. The summed E-state index contributed by atoms with van der Waals surface area (Å²) in [6.45, 7) is -1.09. The third-order valence-electron chi connectivity index (χ3n) is 5.44. The monoisotopic (exact) mass is 484 g/mol. The zero-order chi connectivity index (χ0) is 25.3. The summed E-state index contributed by atoms with van der Waals surface area (Å²) >= 11 is 0. The number of carbonyl (C=O) groups excluding carboxylic acids is 2. The molecule has 0 unspecified atom stereocenters. The summed E-state index contributed by atoms with van der Waals surface area (Å²) in [5.41, 5.74) is -0.508. The van der Waals surface area contributed by atoms with Crippen molar-refractivity contribution in [2.45, 2.75) is 12.5 Å². The van der Waals surface area contributed by atoms with Crippen LogP contribution in [0.5, 0.6) is 11.5 Å². The molecule has 3 heterocycles. The van der Waals surface area contributed by atoms with Crippen LogP contribution in [-0.4, -0.2) is 63.0 Å². The van der Waals surface area contributed by atoms with Gasteiger partial charge in [0, 0.05) is 25.2 Å². The summed E-state index contributed by atoms with van der Waals surface area (Å²) < 4.78 is 20.1. The Balaban J connectivity index is 1.93. The molecule has 1 aromatic carbocycles. The molecule has 0 bridgehead atoms. The molecule has 0 aliphatic carbocycles. The van der Waals surface area contributed by atoms with E-state index in [1.165, 1.54) is 25.4 Å². The summed E-state index contributed by atoms with van der Waals surface area (Å²) in [5, 5.41) is 33.9. The molecule has 182 valence electrons. The van der Waals surface area contributed by atoms with Crippen LogP contribution in [-0.2, 0) is 11.2 Å². The number of ether oxygens (including phenoxy) is 1. The molecule has 11 nitrogen and oxygen atoms in total. The van der Waals surface area contributed by atoms with Crippen molar-refractivity contribution < 1.29 is 34.0 Å². The number of halogens is 1. The van der Waals surface area contributed by atoms with Gasteiger partial charge in [-0.25, -0.2) is 4.39 Å². The molecule has 0 fully saturated rings. The molecule has 35 heavy (non-hydrogen) atoms. The van der Waals surface area contributed by atoms with Gasteiger partial charge in [0.2, 0.25) is 5.76 Å². The second-order valence-corrected chi connectivity index (χ2v) is 7.72. The minimum Gasteiger partial charge on any atom is -0.505 e. The van der Waals surface area contributed by atoms with Crippen molar-refractivity contribution >= 4 is 29.0 Å². The number of nitrogens with zero attached hydrogens (tertiary/aromatic N) is 2. The van der Waals surface area contributed by atoms with Crippen molar-refractivity contribution in [2.24, 2.45) is 0 Å². The van der Waals surface area contributed by atoms with Crippen LogP contribution in [0.2, 0.25) is 0 Å². The smallest absolute Gasteiger partial charge is 0.288 e. The van der Waals surface area contributed by atoms with E-state index in [9.17, 15) is 34.1 Å². The lowest BCUT2D eigenvalue weighted by Crippen LogP contribution is -2.42. The number of amides is 2. The molecular weight excluding hydrogens is 463 g/mol. The number of pyridine rings is 2. The predicted octanol–water partition coefficient (Wildman–Crippen LogP) is -0.148. The molecule has 0 atom stereocenters. The van der Waals surface area contributed by atoms with Gasteiger partial charge >= 0.3 is 0 Å². The molecule has 5 N–H and O–H groups in total. The Morgan fingerprint density at radius 1 is 1.17 bits per heavy atom. The quantitative estimate of drug-likeness (QED) is 0.309. The van der Waals surface area contributed by atoms with Crippen molar-refractivity contribution in [1.29, 1.82) is 0 Å². The Labute approximate surface area is 197 Å². The lowest BCUT2D eigenvalue weighted by atomic mass is 10.0. The maximum absolute atomic E-state index is 13.3. The van der Waals surface area contributed by atoms with Crippen molar-refractivity contribution in [3.05, 3.63) is 69.1 Å². The predicted molar refractivity (Wildman–Crippen MR) is 121 cm³/mol. The fraction of sp³-hybridized carbons (Fsp3) is 0.217. The molecule has 0 saturated heterocycles. The topological polar surface area (TPSA) is 163 Å². The Bertz CT molecular complexity index is 1410. The lowest BCUT2D eigenvalue weighted by Gasteiger charge is -2.23. The lowest BCUT2D eigenvalue weighted by molar-refractivity contribution is -0.120. The largest absolute Gasteiger partial charge is 0.505 e. The van der Waals surface area contributed by atoms with Crippen molar-refractivity contribution in [2.75, 3.05) is 20.3 Å². The van der Waals surface area contributed by atoms with E-state index in [0.717, 1.165) is 10.8 Å². The van der Waals surface area contributed by atoms with Gasteiger partial charge < -0.3 is 30.7 Å². The van der Waals surface area contributed by atoms with Crippen LogP contribution in [0.25, 0.3) is 17.2 Å². The second-order valence-electron chi connectivity index (χ2n) is 7.72. The number of carbonyl (C=O) groups is 2. The third-order valence-corrected chi connectivity index (χ3v) is 5.44. The van der Waals surface area contributed by atoms with Gasteiger partial charge in [0.05, 0.1) is 25.5 Å². The molecular formula is C23H21FN4O7. The van der Waals surface area contributed by atoms with E-state index in [4.69, 9.17) is 4.74 Å². The van der Waals surface area contributed by atoms with Gasteiger partial charge in [0.1, 0.15) is 22.4 Å². The molecule has 3 aromatic rings. The Morgan fingerprint density at radius 3 is 2.49 bits per heavy atom. The van der Waals surface area contributed by atoms with Gasteiger partial charge in [-0.1, -0.05) is 12.1 Å².